The third-order valence-electron chi connectivity index (χ3n) is 6.25. The molecule has 2 aromatic heterocycles. The van der Waals surface area contributed by atoms with Crippen molar-refractivity contribution in [2.45, 2.75) is 25.0 Å². The first-order valence-electron chi connectivity index (χ1n) is 10.9. The van der Waals surface area contributed by atoms with E-state index in [0.717, 1.165) is 6.07 Å². The van der Waals surface area contributed by atoms with E-state index in [0.29, 0.717) is 11.3 Å². The van der Waals surface area contributed by atoms with Crippen molar-refractivity contribution >= 4 is 16.9 Å². The van der Waals surface area contributed by atoms with Gasteiger partial charge in [-0.2, -0.15) is 5.10 Å². The van der Waals surface area contributed by atoms with Crippen LogP contribution in [0.5, 0.6) is 0 Å². The summed E-state index contributed by atoms with van der Waals surface area (Å²) < 4.78 is 43.4. The molecule has 1 amide bonds. The molecule has 4 aromatic rings. The number of amides is 1. The summed E-state index contributed by atoms with van der Waals surface area (Å²) in [5.74, 6) is -3.36. The van der Waals surface area contributed by atoms with E-state index >= 15 is 0 Å². The van der Waals surface area contributed by atoms with Gasteiger partial charge in [0.05, 0.1) is 29.6 Å². The van der Waals surface area contributed by atoms with Gasteiger partial charge < -0.3 is 10.0 Å². The summed E-state index contributed by atoms with van der Waals surface area (Å²) >= 11 is 0. The van der Waals surface area contributed by atoms with Crippen molar-refractivity contribution in [1.82, 2.24) is 24.2 Å². The number of benzene rings is 2. The summed E-state index contributed by atoms with van der Waals surface area (Å²) in [5.41, 5.74) is -1.24. The van der Waals surface area contributed by atoms with E-state index in [1.54, 1.807) is 0 Å². The fraction of sp³-hybridized carbons (Fsp3) is 0.250. The van der Waals surface area contributed by atoms with Crippen LogP contribution in [0.1, 0.15) is 23.2 Å². The van der Waals surface area contributed by atoms with Crippen LogP contribution in [0.15, 0.2) is 59.8 Å². The number of halogens is 3. The van der Waals surface area contributed by atoms with Gasteiger partial charge in [0.25, 0.3) is 11.5 Å². The molecule has 1 aliphatic heterocycles. The van der Waals surface area contributed by atoms with E-state index in [9.17, 15) is 27.9 Å². The Labute approximate surface area is 196 Å². The fourth-order valence-corrected chi connectivity index (χ4v) is 4.27. The van der Waals surface area contributed by atoms with Gasteiger partial charge in [0, 0.05) is 13.1 Å². The van der Waals surface area contributed by atoms with Crippen LogP contribution >= 0.6 is 0 Å². The predicted octanol–water partition coefficient (Wildman–Crippen LogP) is 2.67. The van der Waals surface area contributed by atoms with Gasteiger partial charge >= 0.3 is 0 Å². The smallest absolute Gasteiger partial charge is 0.264 e. The van der Waals surface area contributed by atoms with Gasteiger partial charge in [-0.15, -0.1) is 0 Å². The number of rotatable bonds is 4. The molecular weight excluding hydrogens is 463 g/mol. The second kappa shape index (κ2) is 8.66. The lowest BCUT2D eigenvalue weighted by atomic mass is 9.91. The van der Waals surface area contributed by atoms with Crippen LogP contribution in [0.2, 0.25) is 0 Å². The maximum atomic E-state index is 14.0. The van der Waals surface area contributed by atoms with E-state index < -0.39 is 34.5 Å². The van der Waals surface area contributed by atoms with Gasteiger partial charge in [0.15, 0.2) is 17.3 Å². The van der Waals surface area contributed by atoms with E-state index in [4.69, 9.17) is 0 Å². The lowest BCUT2D eigenvalue weighted by Gasteiger charge is -2.38. The molecular formula is C24H20F3N5O3. The van der Waals surface area contributed by atoms with Gasteiger partial charge in [-0.25, -0.2) is 22.8 Å². The molecule has 8 nitrogen and oxygen atoms in total. The minimum atomic E-state index is -1.30. The zero-order chi connectivity index (χ0) is 24.7. The normalized spacial score (nSPS) is 15.5. The summed E-state index contributed by atoms with van der Waals surface area (Å²) in [4.78, 5) is 31.3. The molecule has 0 bridgehead atoms. The fourth-order valence-electron chi connectivity index (χ4n) is 4.27. The number of nitrogens with zero attached hydrogens (tertiary/aromatic N) is 5. The monoisotopic (exact) mass is 483 g/mol. The Morgan fingerprint density at radius 1 is 1.06 bits per heavy atom. The third-order valence-corrected chi connectivity index (χ3v) is 6.25. The van der Waals surface area contributed by atoms with Gasteiger partial charge in [0.1, 0.15) is 17.5 Å². The summed E-state index contributed by atoms with van der Waals surface area (Å²) in [6, 6.07) is 9.00. The largest absolute Gasteiger partial charge is 0.388 e. The van der Waals surface area contributed by atoms with Crippen molar-refractivity contribution in [2.24, 2.45) is 0 Å². The molecule has 180 valence electrons. The van der Waals surface area contributed by atoms with Crippen LogP contribution in [-0.4, -0.2) is 53.9 Å². The Bertz CT molecular complexity index is 1470. The first-order valence-corrected chi connectivity index (χ1v) is 10.9. The highest BCUT2D eigenvalue weighted by atomic mass is 19.2. The van der Waals surface area contributed by atoms with Crippen molar-refractivity contribution in [3.05, 3.63) is 88.4 Å². The topological polar surface area (TPSA) is 93.2 Å². The van der Waals surface area contributed by atoms with Crippen molar-refractivity contribution in [3.63, 3.8) is 0 Å². The van der Waals surface area contributed by atoms with Crippen LogP contribution < -0.4 is 5.56 Å². The standard InChI is InChI=1S/C24H20F3N5O3/c25-15-4-6-16(7-5-15)32-21-18(12-29-32)23(34)31(14-28-21)13-24(35)8-10-30(11-9-24)22(33)17-2-1-3-19(26)20(17)27/h1-7,12,14,35H,8-11,13H2. The Balaban J connectivity index is 1.33. The first-order chi connectivity index (χ1) is 16.8. The van der Waals surface area contributed by atoms with Crippen LogP contribution in [0.3, 0.4) is 0 Å². The number of carbonyl (C=O) groups is 1. The molecule has 0 unspecified atom stereocenters. The first kappa shape index (κ1) is 22.8. The lowest BCUT2D eigenvalue weighted by molar-refractivity contribution is -0.0300. The molecule has 1 N–H and O–H groups in total. The maximum absolute atomic E-state index is 14.0. The van der Waals surface area contributed by atoms with Crippen molar-refractivity contribution in [3.8, 4) is 5.69 Å². The Morgan fingerprint density at radius 3 is 2.49 bits per heavy atom. The quantitative estimate of drug-likeness (QED) is 0.482. The zero-order valence-corrected chi connectivity index (χ0v) is 18.4. The molecule has 2 aromatic carbocycles. The molecule has 1 fully saturated rings. The number of carbonyl (C=O) groups excluding carboxylic acids is 1. The number of aliphatic hydroxyl groups is 1. The summed E-state index contributed by atoms with van der Waals surface area (Å²) in [5, 5.41) is 15.5. The number of hydrogen-bond acceptors (Lipinski definition) is 5. The van der Waals surface area contributed by atoms with Gasteiger partial charge in [0.2, 0.25) is 0 Å². The van der Waals surface area contributed by atoms with Gasteiger partial charge in [-0.3, -0.25) is 14.2 Å². The average molecular weight is 483 g/mol. The average Bonchev–Trinajstić information content (AvgIpc) is 3.28. The molecule has 3 heterocycles. The number of piperidine rings is 1. The Hall–Kier alpha value is -3.99. The van der Waals surface area contributed by atoms with Crippen molar-refractivity contribution < 1.29 is 23.1 Å². The molecule has 0 radical (unpaired) electrons. The molecule has 1 aliphatic rings. The van der Waals surface area contributed by atoms with Gasteiger partial charge in [-0.1, -0.05) is 6.07 Å². The molecule has 0 spiro atoms. The van der Waals surface area contributed by atoms with Crippen molar-refractivity contribution in [2.75, 3.05) is 13.1 Å². The second-order valence-corrected chi connectivity index (χ2v) is 8.57. The molecule has 0 atom stereocenters. The van der Waals surface area contributed by atoms with E-state index in [1.165, 1.54) is 63.1 Å². The predicted molar refractivity (Wildman–Crippen MR) is 120 cm³/mol. The molecule has 0 saturated carbocycles. The van der Waals surface area contributed by atoms with Crippen LogP contribution in [-0.2, 0) is 6.54 Å². The Morgan fingerprint density at radius 2 is 1.77 bits per heavy atom. The number of likely N-dealkylation sites (tertiary alicyclic amines) is 1. The summed E-state index contributed by atoms with van der Waals surface area (Å²) in [6.45, 7) is 0.156. The molecule has 0 aliphatic carbocycles. The molecule has 11 heteroatoms. The van der Waals surface area contributed by atoms with E-state index in [2.05, 4.69) is 10.1 Å². The third kappa shape index (κ3) is 4.18. The highest BCUT2D eigenvalue weighted by molar-refractivity contribution is 5.94. The zero-order valence-electron chi connectivity index (χ0n) is 18.4. The van der Waals surface area contributed by atoms with Crippen LogP contribution in [0, 0.1) is 17.5 Å². The van der Waals surface area contributed by atoms with E-state index in [1.807, 2.05) is 0 Å². The number of fused-ring (bicyclic) bond motifs is 1. The van der Waals surface area contributed by atoms with Gasteiger partial charge in [-0.05, 0) is 49.2 Å². The molecule has 35 heavy (non-hydrogen) atoms. The Kier molecular flexibility index (Phi) is 5.64. The highest BCUT2D eigenvalue weighted by Crippen LogP contribution is 2.26. The summed E-state index contributed by atoms with van der Waals surface area (Å²) in [7, 11) is 0. The van der Waals surface area contributed by atoms with Crippen LogP contribution in [0.4, 0.5) is 13.2 Å². The minimum absolute atomic E-state index is 0.0626. The maximum Gasteiger partial charge on any atom is 0.264 e. The molecule has 1 saturated heterocycles. The number of aromatic nitrogens is 4. The van der Waals surface area contributed by atoms with E-state index in [-0.39, 0.29) is 43.4 Å². The number of hydrogen-bond donors (Lipinski definition) is 1. The molecule has 5 rings (SSSR count). The second-order valence-electron chi connectivity index (χ2n) is 8.57. The minimum Gasteiger partial charge on any atom is -0.388 e. The SMILES string of the molecule is O=C(c1cccc(F)c1F)N1CCC(O)(Cn2cnc3c(cnn3-c3ccc(F)cc3)c2=O)CC1. The van der Waals surface area contributed by atoms with Crippen molar-refractivity contribution in [1.29, 1.82) is 0 Å². The summed E-state index contributed by atoms with van der Waals surface area (Å²) in [6.07, 6.45) is 2.94. The van der Waals surface area contributed by atoms with Crippen LogP contribution in [0.25, 0.3) is 16.7 Å². The highest BCUT2D eigenvalue weighted by Gasteiger charge is 2.35. The lowest BCUT2D eigenvalue weighted by Crippen LogP contribution is -2.49.